The van der Waals surface area contributed by atoms with Crippen molar-refractivity contribution in [1.29, 1.82) is 0 Å². The molecular formula is C25H33N3O7S. The highest BCUT2D eigenvalue weighted by molar-refractivity contribution is 7.89. The van der Waals surface area contributed by atoms with Gasteiger partial charge in [-0.05, 0) is 56.0 Å². The normalized spacial score (nSPS) is 16.0. The van der Waals surface area contributed by atoms with Crippen LogP contribution >= 0.6 is 0 Å². The highest BCUT2D eigenvalue weighted by atomic mass is 32.2. The molecule has 1 saturated heterocycles. The van der Waals surface area contributed by atoms with E-state index in [0.29, 0.717) is 29.0 Å². The Labute approximate surface area is 212 Å². The maximum atomic E-state index is 13.4. The molecule has 0 bridgehead atoms. The second-order valence-corrected chi connectivity index (χ2v) is 10.4. The first-order valence-electron chi connectivity index (χ1n) is 11.6. The Hall–Kier alpha value is -3.15. The number of benzene rings is 2. The average Bonchev–Trinajstić information content (AvgIpc) is 3.31. The van der Waals surface area contributed by atoms with Crippen LogP contribution in [0, 0.1) is 20.8 Å². The van der Waals surface area contributed by atoms with Gasteiger partial charge in [0.25, 0.3) is 0 Å². The van der Waals surface area contributed by atoms with Crippen LogP contribution in [0.1, 0.15) is 22.3 Å². The fourth-order valence-electron chi connectivity index (χ4n) is 4.33. The lowest BCUT2D eigenvalue weighted by molar-refractivity contribution is -0.139. The molecule has 0 radical (unpaired) electrons. The fourth-order valence-corrected chi connectivity index (χ4v) is 6.26. The van der Waals surface area contributed by atoms with Crippen LogP contribution < -0.4 is 20.1 Å². The number of carbonyl (C=O) groups is 2. The molecule has 2 aromatic rings. The van der Waals surface area contributed by atoms with Crippen LogP contribution in [0.15, 0.2) is 35.2 Å². The first-order chi connectivity index (χ1) is 17.1. The van der Waals surface area contributed by atoms with Crippen LogP contribution in [0.3, 0.4) is 0 Å². The predicted octanol–water partition coefficient (Wildman–Crippen LogP) is 1.45. The van der Waals surface area contributed by atoms with Gasteiger partial charge in [-0.2, -0.15) is 4.31 Å². The number of carbonyl (C=O) groups excluding carboxylic acids is 2. The summed E-state index contributed by atoms with van der Waals surface area (Å²) in [5.74, 6) is -0.500. The van der Waals surface area contributed by atoms with Crippen LogP contribution in [-0.4, -0.2) is 71.2 Å². The zero-order valence-electron chi connectivity index (χ0n) is 21.2. The monoisotopic (exact) mass is 519 g/mol. The zero-order chi connectivity index (χ0) is 26.5. The van der Waals surface area contributed by atoms with Gasteiger partial charge in [0.15, 0.2) is 11.5 Å². The molecule has 1 heterocycles. The Morgan fingerprint density at radius 3 is 2.28 bits per heavy atom. The fraction of sp³-hybridized carbons (Fsp3) is 0.440. The van der Waals surface area contributed by atoms with Gasteiger partial charge in [0, 0.05) is 13.1 Å². The number of sulfonamides is 1. The zero-order valence-corrected chi connectivity index (χ0v) is 22.0. The van der Waals surface area contributed by atoms with Crippen LogP contribution in [-0.2, 0) is 30.8 Å². The molecule has 1 aliphatic heterocycles. The van der Waals surface area contributed by atoms with Crippen molar-refractivity contribution in [3.05, 3.63) is 52.6 Å². The van der Waals surface area contributed by atoms with Crippen molar-refractivity contribution in [1.82, 2.24) is 14.9 Å². The number of amides is 2. The summed E-state index contributed by atoms with van der Waals surface area (Å²) in [6.45, 7) is 5.86. The van der Waals surface area contributed by atoms with Crippen LogP contribution in [0.25, 0.3) is 0 Å². The summed E-state index contributed by atoms with van der Waals surface area (Å²) in [6, 6.07) is 9.05. The number of hydrogen-bond donors (Lipinski definition) is 2. The van der Waals surface area contributed by atoms with Gasteiger partial charge in [0.1, 0.15) is 6.23 Å². The van der Waals surface area contributed by atoms with Crippen LogP contribution in [0.4, 0.5) is 0 Å². The van der Waals surface area contributed by atoms with Crippen molar-refractivity contribution in [2.45, 2.75) is 38.3 Å². The number of aryl methyl sites for hydroxylation is 3. The predicted molar refractivity (Wildman–Crippen MR) is 134 cm³/mol. The maximum Gasteiger partial charge on any atom is 0.309 e. The van der Waals surface area contributed by atoms with Gasteiger partial charge < -0.3 is 24.8 Å². The minimum Gasteiger partial charge on any atom is -0.493 e. The van der Waals surface area contributed by atoms with E-state index in [0.717, 1.165) is 11.1 Å². The molecule has 196 valence electrons. The quantitative estimate of drug-likeness (QED) is 0.481. The molecule has 36 heavy (non-hydrogen) atoms. The van der Waals surface area contributed by atoms with E-state index in [-0.39, 0.29) is 31.1 Å². The molecule has 3 rings (SSSR count). The van der Waals surface area contributed by atoms with E-state index in [4.69, 9.17) is 14.2 Å². The molecule has 1 aliphatic rings. The summed E-state index contributed by atoms with van der Waals surface area (Å²) in [4.78, 5) is 24.8. The van der Waals surface area contributed by atoms with Crippen molar-refractivity contribution >= 4 is 21.8 Å². The molecule has 2 aromatic carbocycles. The van der Waals surface area contributed by atoms with Crippen molar-refractivity contribution in [3.8, 4) is 11.5 Å². The Balaban J connectivity index is 1.55. The molecule has 0 aromatic heterocycles. The first-order valence-corrected chi connectivity index (χ1v) is 13.0. The second-order valence-electron chi connectivity index (χ2n) is 8.57. The van der Waals surface area contributed by atoms with Crippen molar-refractivity contribution < 1.29 is 32.2 Å². The number of hydrogen-bond acceptors (Lipinski definition) is 7. The summed E-state index contributed by atoms with van der Waals surface area (Å²) in [5, 5.41) is 5.04. The van der Waals surface area contributed by atoms with Crippen molar-refractivity contribution in [3.63, 3.8) is 0 Å². The van der Waals surface area contributed by atoms with Gasteiger partial charge in [-0.25, -0.2) is 8.42 Å². The summed E-state index contributed by atoms with van der Waals surface area (Å²) in [5.41, 5.74) is 3.17. The topological polar surface area (TPSA) is 123 Å². The van der Waals surface area contributed by atoms with E-state index < -0.39 is 28.1 Å². The van der Waals surface area contributed by atoms with Crippen LogP contribution in [0.5, 0.6) is 11.5 Å². The Bertz CT molecular complexity index is 1210. The van der Waals surface area contributed by atoms with E-state index in [1.165, 1.54) is 11.4 Å². The molecule has 1 atom stereocenters. The number of rotatable bonds is 9. The first kappa shape index (κ1) is 27.4. The minimum atomic E-state index is -3.85. The largest absolute Gasteiger partial charge is 0.493 e. The molecule has 10 nitrogen and oxygen atoms in total. The van der Waals surface area contributed by atoms with Crippen molar-refractivity contribution in [2.75, 3.05) is 40.5 Å². The van der Waals surface area contributed by atoms with Gasteiger partial charge >= 0.3 is 11.8 Å². The van der Waals surface area contributed by atoms with Gasteiger partial charge in [-0.15, -0.1) is 0 Å². The lowest BCUT2D eigenvalue weighted by Crippen LogP contribution is -2.47. The number of nitrogens with one attached hydrogen (secondary N) is 2. The SMILES string of the molecule is COc1ccc(CCNC(=O)C(=O)NC[C@H]2OCCN2S(=O)(=O)c2c(C)cc(C)cc2C)cc1OC. The minimum absolute atomic E-state index is 0.148. The summed E-state index contributed by atoms with van der Waals surface area (Å²) in [6.07, 6.45) is -0.426. The third-order valence-electron chi connectivity index (χ3n) is 5.91. The lowest BCUT2D eigenvalue weighted by atomic mass is 10.1. The summed E-state index contributed by atoms with van der Waals surface area (Å²) in [7, 11) is -0.766. The average molecular weight is 520 g/mol. The molecule has 0 spiro atoms. The highest BCUT2D eigenvalue weighted by Gasteiger charge is 2.38. The maximum absolute atomic E-state index is 13.4. The van der Waals surface area contributed by atoms with E-state index in [1.807, 2.05) is 25.1 Å². The van der Waals surface area contributed by atoms with E-state index in [9.17, 15) is 18.0 Å². The smallest absolute Gasteiger partial charge is 0.309 e. The van der Waals surface area contributed by atoms with E-state index >= 15 is 0 Å². The van der Waals surface area contributed by atoms with E-state index in [1.54, 1.807) is 33.1 Å². The number of methoxy groups -OCH3 is 2. The van der Waals surface area contributed by atoms with Crippen LogP contribution in [0.2, 0.25) is 0 Å². The molecule has 11 heteroatoms. The van der Waals surface area contributed by atoms with Gasteiger partial charge in [-0.1, -0.05) is 23.8 Å². The van der Waals surface area contributed by atoms with Crippen molar-refractivity contribution in [2.24, 2.45) is 0 Å². The number of nitrogens with zero attached hydrogens (tertiary/aromatic N) is 1. The molecule has 0 aliphatic carbocycles. The molecule has 2 N–H and O–H groups in total. The summed E-state index contributed by atoms with van der Waals surface area (Å²) < 4.78 is 44.0. The second kappa shape index (κ2) is 11.7. The van der Waals surface area contributed by atoms with Gasteiger partial charge in [0.2, 0.25) is 10.0 Å². The van der Waals surface area contributed by atoms with Gasteiger partial charge in [0.05, 0.1) is 32.3 Å². The third kappa shape index (κ3) is 6.15. The highest BCUT2D eigenvalue weighted by Crippen LogP contribution is 2.29. The Morgan fingerprint density at radius 1 is 1.00 bits per heavy atom. The standard InChI is InChI=1S/C25H33N3O7S/c1-16-12-17(2)23(18(3)13-16)36(31,32)28-10-11-35-22(28)15-27-25(30)24(29)26-9-8-19-6-7-20(33-4)21(14-19)34-5/h6-7,12-14,22H,8-11,15H2,1-5H3,(H,26,29)(H,27,30)/t22-/m1/s1. The molecule has 1 fully saturated rings. The molecule has 0 saturated carbocycles. The van der Waals surface area contributed by atoms with E-state index in [2.05, 4.69) is 10.6 Å². The Morgan fingerprint density at radius 2 is 1.64 bits per heavy atom. The molecular weight excluding hydrogens is 486 g/mol. The molecule has 2 amide bonds. The Kier molecular flexibility index (Phi) is 8.93. The lowest BCUT2D eigenvalue weighted by Gasteiger charge is -2.24. The summed E-state index contributed by atoms with van der Waals surface area (Å²) >= 11 is 0. The molecule has 0 unspecified atom stereocenters. The third-order valence-corrected chi connectivity index (χ3v) is 8.10. The van der Waals surface area contributed by atoms with Gasteiger partial charge in [-0.3, -0.25) is 9.59 Å². The number of ether oxygens (including phenoxy) is 3.